The van der Waals surface area contributed by atoms with Gasteiger partial charge in [0.05, 0.1) is 20.3 Å². The number of hydrogen-bond donors (Lipinski definition) is 3. The molecule has 2 saturated heterocycles. The summed E-state index contributed by atoms with van der Waals surface area (Å²) in [7, 11) is 1.22. The van der Waals surface area contributed by atoms with Crippen LogP contribution in [0.2, 0.25) is 0 Å². The highest BCUT2D eigenvalue weighted by molar-refractivity contribution is 6.23. The summed E-state index contributed by atoms with van der Waals surface area (Å²) in [5, 5.41) is 12.3. The van der Waals surface area contributed by atoms with Crippen LogP contribution in [0.3, 0.4) is 0 Å². The molecule has 6 atom stereocenters. The fraction of sp³-hybridized carbons (Fsp3) is 0.792. The lowest BCUT2D eigenvalue weighted by atomic mass is 9.60. The quantitative estimate of drug-likeness (QED) is 0.221. The van der Waals surface area contributed by atoms with E-state index in [0.29, 0.717) is 24.3 Å². The van der Waals surface area contributed by atoms with E-state index in [1.54, 1.807) is 0 Å². The molecule has 4 fully saturated rings. The Morgan fingerprint density at radius 1 is 1.22 bits per heavy atom. The van der Waals surface area contributed by atoms with Gasteiger partial charge in [0.25, 0.3) is 5.60 Å². The molecule has 178 valence electrons. The number of esters is 1. The second-order valence-corrected chi connectivity index (χ2v) is 10.2. The van der Waals surface area contributed by atoms with Gasteiger partial charge in [0.1, 0.15) is 6.17 Å². The molecule has 2 saturated carbocycles. The Bertz CT molecular complexity index is 825. The van der Waals surface area contributed by atoms with Crippen molar-refractivity contribution in [1.82, 2.24) is 0 Å². The van der Waals surface area contributed by atoms with Crippen LogP contribution in [0.15, 0.2) is 11.1 Å². The molecule has 5 N–H and O–H groups in total. The first-order valence-corrected chi connectivity index (χ1v) is 12.0. The Hall–Kier alpha value is -1.61. The predicted octanol–water partition coefficient (Wildman–Crippen LogP) is 0.363. The lowest BCUT2D eigenvalue weighted by Crippen LogP contribution is -2.94. The second kappa shape index (κ2) is 8.97. The number of Topliss-reactive ketones (excluding diaryl/α,β-unsaturated/α-hetero) is 2. The van der Waals surface area contributed by atoms with Gasteiger partial charge in [-0.1, -0.05) is 18.4 Å². The molecule has 0 aromatic carbocycles. The summed E-state index contributed by atoms with van der Waals surface area (Å²) in [4.78, 5) is 39.8. The van der Waals surface area contributed by atoms with Gasteiger partial charge in [-0.15, -0.1) is 0 Å². The summed E-state index contributed by atoms with van der Waals surface area (Å²) in [6, 6.07) is 0. The molecule has 2 aliphatic heterocycles. The maximum Gasteiger partial charge on any atom is 0.349 e. The smallest absolute Gasteiger partial charge is 0.349 e. The van der Waals surface area contributed by atoms with E-state index >= 15 is 0 Å². The lowest BCUT2D eigenvalue weighted by molar-refractivity contribution is -0.699. The van der Waals surface area contributed by atoms with E-state index in [9.17, 15) is 19.5 Å². The van der Waals surface area contributed by atoms with E-state index in [4.69, 9.17) is 15.2 Å². The van der Waals surface area contributed by atoms with E-state index in [-0.39, 0.29) is 30.8 Å². The number of allylic oxidation sites excluding steroid dienone is 1. The number of ether oxygens (including phenoxy) is 2. The van der Waals surface area contributed by atoms with E-state index in [0.717, 1.165) is 50.6 Å². The van der Waals surface area contributed by atoms with Crippen LogP contribution < -0.4 is 11.1 Å². The number of nitrogens with two attached hydrogens (primary N) is 2. The molecule has 0 amide bonds. The Morgan fingerprint density at radius 2 is 1.91 bits per heavy atom. The standard InChI is InChI=1S/C24H36N2O6/c1-14(7-8-15-9-10-26-19(25)11-15)16(13-27)12-23-20(28)17-5-3-4-6-18(17)21(29)24(23,32-23)22(30)31-2/h15,17-19,26-27H,3-13,25H2,1-2H3/p+1. The topological polar surface area (TPSA) is 136 Å². The Kier molecular flexibility index (Phi) is 6.60. The number of hydrogen-bond acceptors (Lipinski definition) is 7. The Balaban J connectivity index is 1.57. The first-order chi connectivity index (χ1) is 15.3. The monoisotopic (exact) mass is 449 g/mol. The van der Waals surface area contributed by atoms with Gasteiger partial charge < -0.3 is 19.9 Å². The average molecular weight is 450 g/mol. The third kappa shape index (κ3) is 3.65. The van der Waals surface area contributed by atoms with Crippen molar-refractivity contribution >= 4 is 17.5 Å². The number of carbonyl (C=O) groups is 3. The highest BCUT2D eigenvalue weighted by atomic mass is 16.7. The molecule has 8 heteroatoms. The van der Waals surface area contributed by atoms with Crippen molar-refractivity contribution in [3.05, 3.63) is 11.1 Å². The van der Waals surface area contributed by atoms with Crippen molar-refractivity contribution in [3.63, 3.8) is 0 Å². The summed E-state index contributed by atoms with van der Waals surface area (Å²) >= 11 is 0. The van der Waals surface area contributed by atoms with Crippen LogP contribution in [0.5, 0.6) is 0 Å². The summed E-state index contributed by atoms with van der Waals surface area (Å²) in [6.07, 6.45) is 7.05. The van der Waals surface area contributed by atoms with Crippen LogP contribution in [0, 0.1) is 17.8 Å². The number of methoxy groups -OCH3 is 1. The first kappa shape index (κ1) is 23.5. The molecule has 0 aromatic heterocycles. The number of quaternary nitrogens is 1. The zero-order chi connectivity index (χ0) is 23.1. The molecular weight excluding hydrogens is 412 g/mol. The van der Waals surface area contributed by atoms with Crippen molar-refractivity contribution in [2.24, 2.45) is 23.5 Å². The largest absolute Gasteiger partial charge is 0.466 e. The number of piperidine rings is 1. The number of aliphatic hydroxyl groups is 1. The molecule has 4 rings (SSSR count). The summed E-state index contributed by atoms with van der Waals surface area (Å²) < 4.78 is 10.8. The number of aliphatic hydroxyl groups excluding tert-OH is 1. The lowest BCUT2D eigenvalue weighted by Gasteiger charge is -2.37. The van der Waals surface area contributed by atoms with Crippen LogP contribution in [0.25, 0.3) is 0 Å². The molecule has 0 spiro atoms. The van der Waals surface area contributed by atoms with E-state index in [2.05, 4.69) is 5.32 Å². The fourth-order valence-electron chi connectivity index (χ4n) is 6.37. The zero-order valence-electron chi connectivity index (χ0n) is 19.2. The highest BCUT2D eigenvalue weighted by Gasteiger charge is 2.87. The summed E-state index contributed by atoms with van der Waals surface area (Å²) in [5.41, 5.74) is 4.36. The summed E-state index contributed by atoms with van der Waals surface area (Å²) in [6.45, 7) is 2.75. The van der Waals surface area contributed by atoms with E-state index < -0.39 is 29.0 Å². The highest BCUT2D eigenvalue weighted by Crippen LogP contribution is 2.62. The average Bonchev–Trinajstić information content (AvgIpc) is 3.50. The van der Waals surface area contributed by atoms with Crippen molar-refractivity contribution in [2.45, 2.75) is 82.1 Å². The molecule has 6 unspecified atom stereocenters. The molecule has 0 bridgehead atoms. The number of epoxide rings is 1. The zero-order valence-corrected chi connectivity index (χ0v) is 19.2. The summed E-state index contributed by atoms with van der Waals surface area (Å²) in [5.74, 6) is -1.61. The van der Waals surface area contributed by atoms with Crippen molar-refractivity contribution in [1.29, 1.82) is 0 Å². The van der Waals surface area contributed by atoms with Gasteiger partial charge in [0.2, 0.25) is 0 Å². The van der Waals surface area contributed by atoms with Gasteiger partial charge in [-0.3, -0.25) is 15.3 Å². The van der Waals surface area contributed by atoms with Crippen LogP contribution >= 0.6 is 0 Å². The normalized spacial score (nSPS) is 39.6. The van der Waals surface area contributed by atoms with Gasteiger partial charge in [0.15, 0.2) is 17.2 Å². The first-order valence-electron chi connectivity index (χ1n) is 12.0. The molecule has 2 aliphatic carbocycles. The minimum Gasteiger partial charge on any atom is -0.466 e. The third-order valence-corrected chi connectivity index (χ3v) is 8.35. The number of fused-ring (bicyclic) bond motifs is 2. The molecule has 0 radical (unpaired) electrons. The Morgan fingerprint density at radius 3 is 2.53 bits per heavy atom. The molecule has 4 aliphatic rings. The molecule has 0 aromatic rings. The number of carbonyl (C=O) groups excluding carboxylic acids is 3. The Labute approximate surface area is 189 Å². The van der Waals surface area contributed by atoms with Crippen LogP contribution in [0.4, 0.5) is 0 Å². The van der Waals surface area contributed by atoms with Gasteiger partial charge >= 0.3 is 5.97 Å². The van der Waals surface area contributed by atoms with Gasteiger partial charge in [-0.25, -0.2) is 4.79 Å². The van der Waals surface area contributed by atoms with Crippen LogP contribution in [-0.4, -0.2) is 60.3 Å². The van der Waals surface area contributed by atoms with Gasteiger partial charge in [0, 0.05) is 24.7 Å². The SMILES string of the molecule is COC(=O)C12OC1(CC(CO)=C(C)CCC1CC[NH2+]C(N)C1)C(=O)C1CCCCC1C2=O. The van der Waals surface area contributed by atoms with E-state index in [1.165, 1.54) is 7.11 Å². The van der Waals surface area contributed by atoms with Crippen molar-refractivity contribution < 1.29 is 34.3 Å². The molecule has 8 nitrogen and oxygen atoms in total. The molecule has 32 heavy (non-hydrogen) atoms. The van der Waals surface area contributed by atoms with Gasteiger partial charge in [-0.05, 0) is 50.5 Å². The number of ketones is 2. The minimum absolute atomic E-state index is 0.0657. The maximum atomic E-state index is 13.6. The van der Waals surface area contributed by atoms with Gasteiger partial charge in [-0.2, -0.15) is 0 Å². The van der Waals surface area contributed by atoms with Crippen LogP contribution in [-0.2, 0) is 23.9 Å². The molecular formula is C24H37N2O6+. The van der Waals surface area contributed by atoms with Crippen LogP contribution in [0.1, 0.15) is 64.7 Å². The van der Waals surface area contributed by atoms with E-state index in [1.807, 2.05) is 6.92 Å². The second-order valence-electron chi connectivity index (χ2n) is 10.2. The number of rotatable bonds is 7. The van der Waals surface area contributed by atoms with Crippen molar-refractivity contribution in [3.8, 4) is 0 Å². The van der Waals surface area contributed by atoms with Crippen molar-refractivity contribution in [2.75, 3.05) is 20.3 Å². The molecule has 2 heterocycles. The fourth-order valence-corrected chi connectivity index (χ4v) is 6.37. The third-order valence-electron chi connectivity index (χ3n) is 8.35. The minimum atomic E-state index is -1.84. The maximum absolute atomic E-state index is 13.6. The predicted molar refractivity (Wildman–Crippen MR) is 115 cm³/mol.